The SMILES string of the molecule is Cc1cccc(NC(=O)CC2S/C(=N/c3nc4ccccc4s3)N(C)C2=O)c1. The molecular formula is C20H18N4O2S2. The molecule has 28 heavy (non-hydrogen) atoms. The maximum Gasteiger partial charge on any atom is 0.242 e. The number of benzene rings is 2. The number of fused-ring (bicyclic) bond motifs is 1. The van der Waals surface area contributed by atoms with Crippen molar-refractivity contribution in [2.24, 2.45) is 4.99 Å². The number of anilines is 1. The van der Waals surface area contributed by atoms with Crippen LogP contribution in [0.4, 0.5) is 10.8 Å². The molecule has 0 radical (unpaired) electrons. The van der Waals surface area contributed by atoms with Crippen LogP contribution in [0.3, 0.4) is 0 Å². The molecule has 1 aliphatic heterocycles. The lowest BCUT2D eigenvalue weighted by molar-refractivity contribution is -0.127. The third-order valence-corrected chi connectivity index (χ3v) is 6.45. The van der Waals surface area contributed by atoms with Gasteiger partial charge in [-0.15, -0.1) is 0 Å². The summed E-state index contributed by atoms with van der Waals surface area (Å²) in [6.45, 7) is 1.96. The molecule has 4 rings (SSSR count). The molecule has 6 nitrogen and oxygen atoms in total. The minimum atomic E-state index is -0.483. The van der Waals surface area contributed by atoms with Crippen molar-refractivity contribution in [2.45, 2.75) is 18.6 Å². The van der Waals surface area contributed by atoms with E-state index in [1.807, 2.05) is 55.5 Å². The Bertz CT molecular complexity index is 1060. The Balaban J connectivity index is 1.46. The Kier molecular flexibility index (Phi) is 5.15. The number of amidine groups is 1. The second-order valence-corrected chi connectivity index (χ2v) is 8.66. The molecule has 0 saturated carbocycles. The van der Waals surface area contributed by atoms with Gasteiger partial charge in [0.25, 0.3) is 0 Å². The summed E-state index contributed by atoms with van der Waals surface area (Å²) in [5, 5.41) is 3.54. The van der Waals surface area contributed by atoms with Crippen LogP contribution in [-0.2, 0) is 9.59 Å². The van der Waals surface area contributed by atoms with Gasteiger partial charge in [-0.1, -0.05) is 47.4 Å². The predicted molar refractivity (Wildman–Crippen MR) is 115 cm³/mol. The number of carbonyl (C=O) groups excluding carboxylic acids is 2. The number of thioether (sulfide) groups is 1. The number of aliphatic imine (C=N–C) groups is 1. The Labute approximate surface area is 170 Å². The van der Waals surface area contributed by atoms with Crippen molar-refractivity contribution in [3.8, 4) is 0 Å². The Morgan fingerprint density at radius 3 is 2.86 bits per heavy atom. The zero-order valence-electron chi connectivity index (χ0n) is 15.4. The van der Waals surface area contributed by atoms with Crippen LogP contribution in [0.2, 0.25) is 0 Å². The molecule has 1 saturated heterocycles. The van der Waals surface area contributed by atoms with Crippen LogP contribution < -0.4 is 5.32 Å². The zero-order chi connectivity index (χ0) is 19.7. The number of nitrogens with one attached hydrogen (secondary N) is 1. The number of hydrogen-bond acceptors (Lipinski definition) is 6. The molecule has 8 heteroatoms. The Morgan fingerprint density at radius 1 is 1.25 bits per heavy atom. The van der Waals surface area contributed by atoms with E-state index in [0.717, 1.165) is 21.5 Å². The van der Waals surface area contributed by atoms with Crippen LogP contribution in [-0.4, -0.2) is 39.2 Å². The molecule has 142 valence electrons. The van der Waals surface area contributed by atoms with Gasteiger partial charge in [0.15, 0.2) is 5.17 Å². The molecule has 1 unspecified atom stereocenters. The molecule has 1 atom stereocenters. The van der Waals surface area contributed by atoms with Gasteiger partial charge in [-0.25, -0.2) is 4.98 Å². The number of aryl methyl sites for hydroxylation is 1. The average Bonchev–Trinajstić information content (AvgIpc) is 3.18. The summed E-state index contributed by atoms with van der Waals surface area (Å²) in [4.78, 5) is 35.4. The summed E-state index contributed by atoms with van der Waals surface area (Å²) in [7, 11) is 1.68. The summed E-state index contributed by atoms with van der Waals surface area (Å²) in [5.74, 6) is -0.310. The first kappa shape index (κ1) is 18.6. The van der Waals surface area contributed by atoms with Crippen molar-refractivity contribution in [3.05, 3.63) is 54.1 Å². The van der Waals surface area contributed by atoms with Gasteiger partial charge in [0.1, 0.15) is 5.25 Å². The molecular weight excluding hydrogens is 392 g/mol. The van der Waals surface area contributed by atoms with Gasteiger partial charge >= 0.3 is 0 Å². The Hall–Kier alpha value is -2.71. The van der Waals surface area contributed by atoms with Gasteiger partial charge in [-0.2, -0.15) is 4.99 Å². The number of nitrogens with zero attached hydrogens (tertiary/aromatic N) is 3. The van der Waals surface area contributed by atoms with Gasteiger partial charge in [0, 0.05) is 19.2 Å². The predicted octanol–water partition coefficient (Wildman–Crippen LogP) is 4.19. The quantitative estimate of drug-likeness (QED) is 0.700. The number of amides is 2. The summed E-state index contributed by atoms with van der Waals surface area (Å²) < 4.78 is 1.05. The molecule has 1 N–H and O–H groups in total. The molecule has 0 bridgehead atoms. The average molecular weight is 411 g/mol. The molecule has 2 amide bonds. The smallest absolute Gasteiger partial charge is 0.242 e. The van der Waals surface area contributed by atoms with Crippen LogP contribution in [0.5, 0.6) is 0 Å². The zero-order valence-corrected chi connectivity index (χ0v) is 17.0. The second kappa shape index (κ2) is 7.73. The fraction of sp³-hybridized carbons (Fsp3) is 0.200. The van der Waals surface area contributed by atoms with Gasteiger partial charge < -0.3 is 5.32 Å². The second-order valence-electron chi connectivity index (χ2n) is 6.48. The minimum Gasteiger partial charge on any atom is -0.326 e. The minimum absolute atomic E-state index is 0.0979. The standard InChI is InChI=1S/C20H18N4O2S2/c1-12-6-5-7-13(10-12)21-17(25)11-16-18(26)24(2)20(28-16)23-19-22-14-8-3-4-9-15(14)27-19/h3-10,16H,11H2,1-2H3,(H,21,25)/b23-20+. The fourth-order valence-corrected chi connectivity index (χ4v) is 4.92. The normalized spacial score (nSPS) is 18.2. The van der Waals surface area contributed by atoms with E-state index >= 15 is 0 Å². The monoisotopic (exact) mass is 410 g/mol. The molecule has 0 aliphatic carbocycles. The van der Waals surface area contributed by atoms with Crippen molar-refractivity contribution in [1.29, 1.82) is 0 Å². The van der Waals surface area contributed by atoms with Crippen molar-refractivity contribution >= 4 is 61.1 Å². The first-order valence-electron chi connectivity index (χ1n) is 8.74. The lowest BCUT2D eigenvalue weighted by Gasteiger charge is -2.09. The van der Waals surface area contributed by atoms with Crippen molar-refractivity contribution in [3.63, 3.8) is 0 Å². The highest BCUT2D eigenvalue weighted by Crippen LogP contribution is 2.33. The fourth-order valence-electron chi connectivity index (χ4n) is 2.89. The van der Waals surface area contributed by atoms with E-state index in [9.17, 15) is 9.59 Å². The number of para-hydroxylation sites is 1. The van der Waals surface area contributed by atoms with E-state index in [0.29, 0.717) is 10.3 Å². The Morgan fingerprint density at radius 2 is 2.07 bits per heavy atom. The topological polar surface area (TPSA) is 74.7 Å². The van der Waals surface area contributed by atoms with E-state index in [2.05, 4.69) is 15.3 Å². The number of aromatic nitrogens is 1. The summed E-state index contributed by atoms with van der Waals surface area (Å²) in [6, 6.07) is 15.4. The van der Waals surface area contributed by atoms with E-state index < -0.39 is 5.25 Å². The molecule has 2 aromatic carbocycles. The molecule has 1 aliphatic rings. The van der Waals surface area contributed by atoms with Crippen LogP contribution in [0, 0.1) is 6.92 Å². The highest BCUT2D eigenvalue weighted by atomic mass is 32.2. The first-order valence-corrected chi connectivity index (χ1v) is 10.4. The maximum atomic E-state index is 12.5. The molecule has 1 aromatic heterocycles. The number of thiazole rings is 1. The number of carbonyl (C=O) groups is 2. The van der Waals surface area contributed by atoms with Gasteiger partial charge in [0.2, 0.25) is 16.9 Å². The van der Waals surface area contributed by atoms with E-state index in [1.165, 1.54) is 28.0 Å². The molecule has 2 heterocycles. The van der Waals surface area contributed by atoms with Gasteiger partial charge in [-0.05, 0) is 36.8 Å². The van der Waals surface area contributed by atoms with Crippen LogP contribution in [0.1, 0.15) is 12.0 Å². The maximum absolute atomic E-state index is 12.5. The van der Waals surface area contributed by atoms with E-state index in [4.69, 9.17) is 0 Å². The third-order valence-electron chi connectivity index (χ3n) is 4.29. The van der Waals surface area contributed by atoms with Crippen LogP contribution >= 0.6 is 23.1 Å². The molecule has 3 aromatic rings. The van der Waals surface area contributed by atoms with Gasteiger partial charge in [-0.3, -0.25) is 14.5 Å². The largest absolute Gasteiger partial charge is 0.326 e. The number of hydrogen-bond donors (Lipinski definition) is 1. The van der Waals surface area contributed by atoms with Crippen molar-refractivity contribution < 1.29 is 9.59 Å². The van der Waals surface area contributed by atoms with Crippen molar-refractivity contribution in [2.75, 3.05) is 12.4 Å². The molecule has 0 spiro atoms. The third kappa shape index (κ3) is 3.93. The summed E-state index contributed by atoms with van der Waals surface area (Å²) in [6.07, 6.45) is 0.0979. The summed E-state index contributed by atoms with van der Waals surface area (Å²) >= 11 is 2.78. The lowest BCUT2D eigenvalue weighted by atomic mass is 10.2. The van der Waals surface area contributed by atoms with E-state index in [1.54, 1.807) is 7.05 Å². The van der Waals surface area contributed by atoms with Gasteiger partial charge in [0.05, 0.1) is 10.2 Å². The molecule has 1 fully saturated rings. The first-order chi connectivity index (χ1) is 13.5. The number of rotatable bonds is 4. The van der Waals surface area contributed by atoms with Crippen molar-refractivity contribution in [1.82, 2.24) is 9.88 Å². The highest BCUT2D eigenvalue weighted by molar-refractivity contribution is 8.15. The van der Waals surface area contributed by atoms with Crippen LogP contribution in [0.15, 0.2) is 53.5 Å². The lowest BCUT2D eigenvalue weighted by Crippen LogP contribution is -2.30. The van der Waals surface area contributed by atoms with Crippen LogP contribution in [0.25, 0.3) is 10.2 Å². The summed E-state index contributed by atoms with van der Waals surface area (Å²) in [5.41, 5.74) is 2.68. The van der Waals surface area contributed by atoms with E-state index in [-0.39, 0.29) is 18.2 Å². The highest BCUT2D eigenvalue weighted by Gasteiger charge is 2.37.